The van der Waals surface area contributed by atoms with Gasteiger partial charge in [0.15, 0.2) is 0 Å². The van der Waals surface area contributed by atoms with E-state index in [9.17, 15) is 0 Å². The molecule has 2 aliphatic rings. The summed E-state index contributed by atoms with van der Waals surface area (Å²) in [5.41, 5.74) is 7.23. The molecule has 0 amide bonds. The SMILES string of the molecule is Cc1cc(N2C[C@H]3CC[C@@H](C2)C3N)ncn1. The van der Waals surface area contributed by atoms with Gasteiger partial charge in [0.05, 0.1) is 0 Å². The minimum absolute atomic E-state index is 0.416. The number of fused-ring (bicyclic) bond motifs is 2. The van der Waals surface area contributed by atoms with Crippen molar-refractivity contribution in [2.45, 2.75) is 25.8 Å². The summed E-state index contributed by atoms with van der Waals surface area (Å²) in [6, 6.07) is 2.48. The van der Waals surface area contributed by atoms with E-state index in [-0.39, 0.29) is 0 Å². The van der Waals surface area contributed by atoms with Gasteiger partial charge in [0, 0.05) is 30.9 Å². The predicted molar refractivity (Wildman–Crippen MR) is 63.2 cm³/mol. The number of aryl methyl sites for hydroxylation is 1. The second-order valence-corrected chi connectivity index (χ2v) is 5.10. The van der Waals surface area contributed by atoms with Crippen LogP contribution in [0.25, 0.3) is 0 Å². The Morgan fingerprint density at radius 1 is 1.25 bits per heavy atom. The molecule has 16 heavy (non-hydrogen) atoms. The molecule has 1 unspecified atom stereocenters. The second kappa shape index (κ2) is 3.70. The fourth-order valence-corrected chi connectivity index (χ4v) is 3.07. The molecule has 3 atom stereocenters. The molecule has 0 radical (unpaired) electrons. The highest BCUT2D eigenvalue weighted by Crippen LogP contribution is 2.36. The quantitative estimate of drug-likeness (QED) is 0.762. The van der Waals surface area contributed by atoms with Crippen LogP contribution in [0.2, 0.25) is 0 Å². The molecular weight excluding hydrogens is 200 g/mol. The predicted octanol–water partition coefficient (Wildman–Crippen LogP) is 0.959. The van der Waals surface area contributed by atoms with Crippen LogP contribution >= 0.6 is 0 Å². The van der Waals surface area contributed by atoms with Gasteiger partial charge in [-0.15, -0.1) is 0 Å². The minimum Gasteiger partial charge on any atom is -0.356 e. The summed E-state index contributed by atoms with van der Waals surface area (Å²) in [7, 11) is 0. The Balaban J connectivity index is 1.83. The lowest BCUT2D eigenvalue weighted by Crippen LogP contribution is -2.49. The first-order chi connectivity index (χ1) is 7.74. The van der Waals surface area contributed by atoms with Gasteiger partial charge in [0.25, 0.3) is 0 Å². The topological polar surface area (TPSA) is 55.0 Å². The van der Waals surface area contributed by atoms with E-state index in [1.807, 2.05) is 6.92 Å². The third-order valence-electron chi connectivity index (χ3n) is 4.02. The van der Waals surface area contributed by atoms with E-state index in [1.54, 1.807) is 6.33 Å². The number of aromatic nitrogens is 2. The van der Waals surface area contributed by atoms with Crippen molar-refractivity contribution in [1.82, 2.24) is 9.97 Å². The minimum atomic E-state index is 0.416. The maximum absolute atomic E-state index is 6.20. The van der Waals surface area contributed by atoms with Gasteiger partial charge in [-0.2, -0.15) is 0 Å². The van der Waals surface area contributed by atoms with E-state index in [1.165, 1.54) is 12.8 Å². The van der Waals surface area contributed by atoms with Crippen molar-refractivity contribution in [1.29, 1.82) is 0 Å². The van der Waals surface area contributed by atoms with Crippen molar-refractivity contribution in [3.8, 4) is 0 Å². The molecule has 1 aliphatic carbocycles. The summed E-state index contributed by atoms with van der Waals surface area (Å²) in [5, 5.41) is 0. The number of rotatable bonds is 1. The van der Waals surface area contributed by atoms with Crippen LogP contribution in [0.4, 0.5) is 5.82 Å². The van der Waals surface area contributed by atoms with Crippen molar-refractivity contribution in [2.24, 2.45) is 17.6 Å². The standard InChI is InChI=1S/C12H18N4/c1-8-4-11(15-7-14-8)16-5-9-2-3-10(6-16)12(9)13/h4,7,9-10,12H,2-3,5-6,13H2,1H3/t9-,10+,12?. The zero-order chi connectivity index (χ0) is 11.1. The summed E-state index contributed by atoms with van der Waals surface area (Å²) < 4.78 is 0. The molecule has 1 aromatic rings. The van der Waals surface area contributed by atoms with Gasteiger partial charge in [0.2, 0.25) is 0 Å². The normalized spacial score (nSPS) is 33.1. The molecule has 0 spiro atoms. The fraction of sp³-hybridized carbons (Fsp3) is 0.667. The summed E-state index contributed by atoms with van der Waals surface area (Å²) in [4.78, 5) is 10.9. The number of nitrogens with zero attached hydrogens (tertiary/aromatic N) is 3. The van der Waals surface area contributed by atoms with Crippen molar-refractivity contribution in [2.75, 3.05) is 18.0 Å². The monoisotopic (exact) mass is 218 g/mol. The van der Waals surface area contributed by atoms with E-state index in [0.29, 0.717) is 17.9 Å². The van der Waals surface area contributed by atoms with E-state index in [2.05, 4.69) is 20.9 Å². The molecule has 1 aliphatic heterocycles. The summed E-state index contributed by atoms with van der Waals surface area (Å²) >= 11 is 0. The van der Waals surface area contributed by atoms with Crippen molar-refractivity contribution in [3.63, 3.8) is 0 Å². The molecule has 2 bridgehead atoms. The van der Waals surface area contributed by atoms with Crippen LogP contribution in [0, 0.1) is 18.8 Å². The van der Waals surface area contributed by atoms with Crippen molar-refractivity contribution < 1.29 is 0 Å². The molecule has 4 nitrogen and oxygen atoms in total. The number of hydrogen-bond acceptors (Lipinski definition) is 4. The van der Waals surface area contributed by atoms with Gasteiger partial charge in [-0.25, -0.2) is 9.97 Å². The maximum atomic E-state index is 6.20. The van der Waals surface area contributed by atoms with Crippen LogP contribution in [-0.4, -0.2) is 29.1 Å². The van der Waals surface area contributed by atoms with E-state index < -0.39 is 0 Å². The Hall–Kier alpha value is -1.16. The number of hydrogen-bond donors (Lipinski definition) is 1. The Morgan fingerprint density at radius 3 is 2.56 bits per heavy atom. The molecule has 0 aromatic carbocycles. The zero-order valence-corrected chi connectivity index (χ0v) is 9.63. The van der Waals surface area contributed by atoms with Crippen molar-refractivity contribution >= 4 is 5.82 Å². The average molecular weight is 218 g/mol. The van der Waals surface area contributed by atoms with Crippen LogP contribution in [0.15, 0.2) is 12.4 Å². The van der Waals surface area contributed by atoms with E-state index in [0.717, 1.165) is 24.6 Å². The van der Waals surface area contributed by atoms with Crippen LogP contribution < -0.4 is 10.6 Å². The van der Waals surface area contributed by atoms with Gasteiger partial charge in [-0.05, 0) is 31.6 Å². The smallest absolute Gasteiger partial charge is 0.132 e. The molecule has 2 fully saturated rings. The van der Waals surface area contributed by atoms with Gasteiger partial charge in [0.1, 0.15) is 12.1 Å². The molecule has 1 saturated heterocycles. The third-order valence-corrected chi connectivity index (χ3v) is 4.02. The summed E-state index contributed by atoms with van der Waals surface area (Å²) in [6.07, 6.45) is 4.22. The van der Waals surface area contributed by atoms with Crippen LogP contribution in [-0.2, 0) is 0 Å². The lowest BCUT2D eigenvalue weighted by molar-refractivity contribution is 0.355. The Labute approximate surface area is 95.9 Å². The molecule has 2 heterocycles. The Kier molecular flexibility index (Phi) is 2.32. The largest absolute Gasteiger partial charge is 0.356 e. The number of piperidine rings is 1. The Bertz CT molecular complexity index is 378. The first-order valence-corrected chi connectivity index (χ1v) is 6.03. The molecule has 1 aromatic heterocycles. The van der Waals surface area contributed by atoms with Crippen LogP contribution in [0.3, 0.4) is 0 Å². The van der Waals surface area contributed by atoms with Gasteiger partial charge in [-0.1, -0.05) is 0 Å². The summed E-state index contributed by atoms with van der Waals surface area (Å²) in [5.74, 6) is 2.39. The van der Waals surface area contributed by atoms with Crippen LogP contribution in [0.5, 0.6) is 0 Å². The second-order valence-electron chi connectivity index (χ2n) is 5.10. The molecular formula is C12H18N4. The average Bonchev–Trinajstić information content (AvgIpc) is 2.53. The van der Waals surface area contributed by atoms with Gasteiger partial charge >= 0.3 is 0 Å². The molecule has 86 valence electrons. The first-order valence-electron chi connectivity index (χ1n) is 6.03. The highest BCUT2D eigenvalue weighted by Gasteiger charge is 2.40. The molecule has 1 saturated carbocycles. The first kappa shape index (κ1) is 10.0. The molecule has 4 heteroatoms. The lowest BCUT2D eigenvalue weighted by atomic mass is 9.93. The summed E-state index contributed by atoms with van der Waals surface area (Å²) in [6.45, 7) is 4.14. The zero-order valence-electron chi connectivity index (χ0n) is 9.63. The number of anilines is 1. The van der Waals surface area contributed by atoms with Crippen LogP contribution in [0.1, 0.15) is 18.5 Å². The highest BCUT2D eigenvalue weighted by atomic mass is 15.2. The van der Waals surface area contributed by atoms with E-state index in [4.69, 9.17) is 5.73 Å². The Morgan fingerprint density at radius 2 is 1.94 bits per heavy atom. The van der Waals surface area contributed by atoms with Gasteiger partial charge < -0.3 is 10.6 Å². The molecule has 3 rings (SSSR count). The van der Waals surface area contributed by atoms with E-state index >= 15 is 0 Å². The number of nitrogens with two attached hydrogens (primary N) is 1. The maximum Gasteiger partial charge on any atom is 0.132 e. The van der Waals surface area contributed by atoms with Gasteiger partial charge in [-0.3, -0.25) is 0 Å². The lowest BCUT2D eigenvalue weighted by Gasteiger charge is -2.36. The highest BCUT2D eigenvalue weighted by molar-refractivity contribution is 5.40. The van der Waals surface area contributed by atoms with Crippen molar-refractivity contribution in [3.05, 3.63) is 18.1 Å². The molecule has 2 N–H and O–H groups in total. The third kappa shape index (κ3) is 1.57. The fourth-order valence-electron chi connectivity index (χ4n) is 3.07.